The van der Waals surface area contributed by atoms with Gasteiger partial charge in [-0.15, -0.1) is 21.5 Å². The second-order valence-electron chi connectivity index (χ2n) is 3.64. The fourth-order valence-electron chi connectivity index (χ4n) is 1.79. The van der Waals surface area contributed by atoms with Gasteiger partial charge in [0.1, 0.15) is 22.0 Å². The Morgan fingerprint density at radius 1 is 1.28 bits per heavy atom. The number of hydrogen-bond acceptors (Lipinski definition) is 5. The lowest BCUT2D eigenvalue weighted by Gasteiger charge is -2.03. The van der Waals surface area contributed by atoms with E-state index >= 15 is 0 Å². The molecule has 0 spiro atoms. The monoisotopic (exact) mass is 286 g/mol. The summed E-state index contributed by atoms with van der Waals surface area (Å²) in [7, 11) is 0. The van der Waals surface area contributed by atoms with Crippen LogP contribution in [0.3, 0.4) is 0 Å². The van der Waals surface area contributed by atoms with E-state index in [1.807, 2.05) is 0 Å². The van der Waals surface area contributed by atoms with Crippen molar-refractivity contribution >= 4 is 43.4 Å². The van der Waals surface area contributed by atoms with Crippen molar-refractivity contribution in [1.82, 2.24) is 20.2 Å². The third-order valence-electron chi connectivity index (χ3n) is 2.62. The number of aryl methyl sites for hydroxylation is 1. The highest BCUT2D eigenvalue weighted by Crippen LogP contribution is 2.37. The molecular formula is C10H5ClF2N4S. The summed E-state index contributed by atoms with van der Waals surface area (Å²) in [5.41, 5.74) is 0.609. The third kappa shape index (κ3) is 1.54. The summed E-state index contributed by atoms with van der Waals surface area (Å²) in [6.45, 7) is 1.58. The molecule has 0 aliphatic carbocycles. The maximum Gasteiger partial charge on any atom is 0.282 e. The Balaban J connectivity index is 2.50. The lowest BCUT2D eigenvalue weighted by Crippen LogP contribution is -1.97. The van der Waals surface area contributed by atoms with Gasteiger partial charge in [-0.25, -0.2) is 18.7 Å². The average Bonchev–Trinajstić information content (AvgIpc) is 2.70. The molecule has 92 valence electrons. The summed E-state index contributed by atoms with van der Waals surface area (Å²) < 4.78 is 26.2. The van der Waals surface area contributed by atoms with E-state index in [-0.39, 0.29) is 5.69 Å². The van der Waals surface area contributed by atoms with E-state index < -0.39 is 6.43 Å². The van der Waals surface area contributed by atoms with Crippen molar-refractivity contribution < 1.29 is 8.78 Å². The number of rotatable bonds is 1. The van der Waals surface area contributed by atoms with Crippen LogP contribution in [-0.4, -0.2) is 20.2 Å². The Bertz CT molecular complexity index is 758. The van der Waals surface area contributed by atoms with Crippen molar-refractivity contribution in [3.05, 3.63) is 22.7 Å². The number of fused-ring (bicyclic) bond motifs is 3. The standard InChI is InChI=1S/C10H5ClF2N4S/c1-3-4-6-7(8(11)15-2-14-6)18-10(4)17-16-5(3)9(12)13/h2,9H,1H3. The molecule has 0 aliphatic heterocycles. The topological polar surface area (TPSA) is 51.6 Å². The summed E-state index contributed by atoms with van der Waals surface area (Å²) in [5.74, 6) is 0. The maximum atomic E-state index is 12.8. The molecule has 4 nitrogen and oxygen atoms in total. The number of hydrogen-bond donors (Lipinski definition) is 0. The van der Waals surface area contributed by atoms with Crippen LogP contribution in [0.25, 0.3) is 20.4 Å². The van der Waals surface area contributed by atoms with Crippen molar-refractivity contribution in [2.75, 3.05) is 0 Å². The van der Waals surface area contributed by atoms with Crippen LogP contribution in [0.2, 0.25) is 5.15 Å². The molecule has 0 aromatic carbocycles. The highest BCUT2D eigenvalue weighted by Gasteiger charge is 2.20. The Hall–Kier alpha value is -1.47. The minimum absolute atomic E-state index is 0.293. The van der Waals surface area contributed by atoms with Crippen LogP contribution in [0.1, 0.15) is 17.7 Å². The first-order valence-electron chi connectivity index (χ1n) is 4.93. The molecule has 0 saturated heterocycles. The maximum absolute atomic E-state index is 12.8. The normalized spacial score (nSPS) is 11.8. The molecule has 0 saturated carbocycles. The molecule has 3 heterocycles. The van der Waals surface area contributed by atoms with Crippen LogP contribution < -0.4 is 0 Å². The molecule has 0 aliphatic rings. The largest absolute Gasteiger partial charge is 0.282 e. The predicted octanol–water partition coefficient (Wildman–Crippen LogP) is 3.53. The lowest BCUT2D eigenvalue weighted by molar-refractivity contribution is 0.144. The molecule has 0 fully saturated rings. The first-order valence-corrected chi connectivity index (χ1v) is 6.13. The van der Waals surface area contributed by atoms with Crippen molar-refractivity contribution in [3.63, 3.8) is 0 Å². The highest BCUT2D eigenvalue weighted by atomic mass is 35.5. The molecule has 3 rings (SSSR count). The van der Waals surface area contributed by atoms with Crippen molar-refractivity contribution in [2.45, 2.75) is 13.3 Å². The van der Waals surface area contributed by atoms with E-state index in [1.54, 1.807) is 6.92 Å². The molecule has 0 atom stereocenters. The van der Waals surface area contributed by atoms with Crippen LogP contribution in [-0.2, 0) is 0 Å². The van der Waals surface area contributed by atoms with Crippen LogP contribution in [0, 0.1) is 6.92 Å². The fraction of sp³-hybridized carbons (Fsp3) is 0.200. The molecule has 3 aromatic heterocycles. The summed E-state index contributed by atoms with van der Waals surface area (Å²) in [6, 6.07) is 0. The molecule has 0 N–H and O–H groups in total. The van der Waals surface area contributed by atoms with E-state index in [0.29, 0.717) is 31.1 Å². The summed E-state index contributed by atoms with van der Waals surface area (Å²) >= 11 is 7.19. The van der Waals surface area contributed by atoms with E-state index in [4.69, 9.17) is 11.6 Å². The lowest BCUT2D eigenvalue weighted by atomic mass is 10.1. The zero-order valence-electron chi connectivity index (χ0n) is 8.99. The van der Waals surface area contributed by atoms with Crippen LogP contribution in [0.15, 0.2) is 6.33 Å². The van der Waals surface area contributed by atoms with Gasteiger partial charge < -0.3 is 0 Å². The zero-order chi connectivity index (χ0) is 12.9. The van der Waals surface area contributed by atoms with Gasteiger partial charge in [-0.1, -0.05) is 11.6 Å². The molecular weight excluding hydrogens is 282 g/mol. The molecule has 0 bridgehead atoms. The SMILES string of the molecule is Cc1c(C(F)F)nnc2sc3c(Cl)ncnc3c12. The van der Waals surface area contributed by atoms with E-state index in [9.17, 15) is 8.78 Å². The van der Waals surface area contributed by atoms with Gasteiger partial charge in [0.05, 0.1) is 10.2 Å². The Kier molecular flexibility index (Phi) is 2.60. The van der Waals surface area contributed by atoms with Gasteiger partial charge in [-0.3, -0.25) is 0 Å². The van der Waals surface area contributed by atoms with Gasteiger partial charge in [0.15, 0.2) is 0 Å². The number of alkyl halides is 2. The molecule has 3 aromatic rings. The van der Waals surface area contributed by atoms with Crippen LogP contribution in [0.4, 0.5) is 8.78 Å². The van der Waals surface area contributed by atoms with E-state index in [0.717, 1.165) is 0 Å². The number of aromatic nitrogens is 4. The minimum Gasteiger partial charge on any atom is -0.235 e. The quantitative estimate of drug-likeness (QED) is 0.642. The summed E-state index contributed by atoms with van der Waals surface area (Å²) in [5, 5.41) is 8.22. The van der Waals surface area contributed by atoms with Gasteiger partial charge in [0.25, 0.3) is 6.43 Å². The molecule has 0 unspecified atom stereocenters. The van der Waals surface area contributed by atoms with Crippen molar-refractivity contribution in [3.8, 4) is 0 Å². The van der Waals surface area contributed by atoms with Gasteiger partial charge in [-0.05, 0) is 12.5 Å². The summed E-state index contributed by atoms with van der Waals surface area (Å²) in [4.78, 5) is 8.49. The number of nitrogens with zero attached hydrogens (tertiary/aromatic N) is 4. The van der Waals surface area contributed by atoms with Gasteiger partial charge in [-0.2, -0.15) is 0 Å². The number of thiophene rings is 1. The van der Waals surface area contributed by atoms with Crippen molar-refractivity contribution in [2.24, 2.45) is 0 Å². The van der Waals surface area contributed by atoms with Gasteiger partial charge >= 0.3 is 0 Å². The average molecular weight is 287 g/mol. The second-order valence-corrected chi connectivity index (χ2v) is 4.99. The van der Waals surface area contributed by atoms with E-state index in [2.05, 4.69) is 20.2 Å². The fourth-order valence-corrected chi connectivity index (χ4v) is 3.05. The minimum atomic E-state index is -2.66. The molecule has 0 amide bonds. The zero-order valence-corrected chi connectivity index (χ0v) is 10.6. The third-order valence-corrected chi connectivity index (χ3v) is 4.09. The van der Waals surface area contributed by atoms with Gasteiger partial charge in [0, 0.05) is 5.39 Å². The van der Waals surface area contributed by atoms with Crippen LogP contribution >= 0.6 is 22.9 Å². The molecule has 0 radical (unpaired) electrons. The van der Waals surface area contributed by atoms with Crippen LogP contribution in [0.5, 0.6) is 0 Å². The Morgan fingerprint density at radius 3 is 2.78 bits per heavy atom. The summed E-state index contributed by atoms with van der Waals surface area (Å²) in [6.07, 6.45) is -1.35. The Morgan fingerprint density at radius 2 is 2.06 bits per heavy atom. The first-order chi connectivity index (χ1) is 8.59. The molecule has 8 heteroatoms. The highest BCUT2D eigenvalue weighted by molar-refractivity contribution is 7.25. The number of halogens is 3. The smallest absolute Gasteiger partial charge is 0.235 e. The van der Waals surface area contributed by atoms with Crippen molar-refractivity contribution in [1.29, 1.82) is 0 Å². The predicted molar refractivity (Wildman–Crippen MR) is 65.2 cm³/mol. The second kappa shape index (κ2) is 4.03. The van der Waals surface area contributed by atoms with E-state index in [1.165, 1.54) is 17.7 Å². The molecule has 18 heavy (non-hydrogen) atoms. The first kappa shape index (κ1) is 11.6. The Labute approximate surface area is 109 Å². The van der Waals surface area contributed by atoms with Gasteiger partial charge in [0.2, 0.25) is 0 Å².